The van der Waals surface area contributed by atoms with Gasteiger partial charge in [-0.2, -0.15) is 0 Å². The number of para-hydroxylation sites is 1. The first-order chi connectivity index (χ1) is 10.2. The quantitative estimate of drug-likeness (QED) is 0.941. The molecule has 2 heterocycles. The van der Waals surface area contributed by atoms with E-state index in [4.69, 9.17) is 5.73 Å². The monoisotopic (exact) mass is 285 g/mol. The second kappa shape index (κ2) is 5.61. The van der Waals surface area contributed by atoms with Crippen molar-refractivity contribution in [2.75, 3.05) is 18.0 Å². The summed E-state index contributed by atoms with van der Waals surface area (Å²) in [7, 11) is 0. The number of fused-ring (bicyclic) bond motifs is 1. The van der Waals surface area contributed by atoms with Crippen LogP contribution in [0.5, 0.6) is 0 Å². The van der Waals surface area contributed by atoms with Crippen molar-refractivity contribution in [1.82, 2.24) is 4.98 Å². The predicted octanol–water partition coefficient (Wildman–Crippen LogP) is 2.31. The topological polar surface area (TPSA) is 59.2 Å². The first-order valence-corrected chi connectivity index (χ1v) is 6.92. The number of rotatable bonds is 3. The van der Waals surface area contributed by atoms with E-state index in [-0.39, 0.29) is 17.4 Å². The molecule has 0 bridgehead atoms. The lowest BCUT2D eigenvalue weighted by molar-refractivity contribution is 0.0984. The van der Waals surface area contributed by atoms with Gasteiger partial charge in [0.1, 0.15) is 0 Å². The minimum Gasteiger partial charge on any atom is -0.330 e. The number of hydrogen-bond acceptors (Lipinski definition) is 3. The molecule has 21 heavy (non-hydrogen) atoms. The Morgan fingerprint density at radius 3 is 2.95 bits per heavy atom. The number of carbonyl (C=O) groups is 1. The molecule has 2 aromatic rings. The Kier molecular flexibility index (Phi) is 3.66. The number of nitrogens with zero attached hydrogens (tertiary/aromatic N) is 2. The van der Waals surface area contributed by atoms with Crippen LogP contribution in [0, 0.1) is 5.82 Å². The van der Waals surface area contributed by atoms with E-state index < -0.39 is 5.82 Å². The minimum atomic E-state index is -0.595. The summed E-state index contributed by atoms with van der Waals surface area (Å²) < 4.78 is 13.8. The number of carbonyl (C=O) groups excluding carboxylic acids is 1. The van der Waals surface area contributed by atoms with Gasteiger partial charge in [-0.05, 0) is 30.7 Å². The minimum absolute atomic E-state index is 0.0493. The number of aromatic nitrogens is 1. The molecule has 0 fully saturated rings. The maximum Gasteiger partial charge on any atom is 0.261 e. The fourth-order valence-electron chi connectivity index (χ4n) is 2.83. The summed E-state index contributed by atoms with van der Waals surface area (Å²) in [5.74, 6) is -0.718. The summed E-state index contributed by atoms with van der Waals surface area (Å²) in [6.07, 6.45) is 3.29. The second-order valence-electron chi connectivity index (χ2n) is 5.10. The standard InChI is InChI=1S/C16H16FN3O/c17-14-9-19-8-6-13(14)16(21)20-10-11(5-7-18)12-3-1-2-4-15(12)20/h1-4,6,8-9,11H,5,7,10,18H2. The molecule has 0 saturated carbocycles. The molecule has 3 rings (SSSR count). The summed E-state index contributed by atoms with van der Waals surface area (Å²) in [6, 6.07) is 9.14. The average molecular weight is 285 g/mol. The Balaban J connectivity index is 1.97. The van der Waals surface area contributed by atoms with Gasteiger partial charge in [0, 0.05) is 24.3 Å². The highest BCUT2D eigenvalue weighted by Gasteiger charge is 2.32. The van der Waals surface area contributed by atoms with Crippen molar-refractivity contribution in [1.29, 1.82) is 0 Å². The molecule has 1 aliphatic rings. The van der Waals surface area contributed by atoms with Gasteiger partial charge in [0.15, 0.2) is 5.82 Å². The zero-order valence-corrected chi connectivity index (χ0v) is 11.5. The number of pyridine rings is 1. The van der Waals surface area contributed by atoms with E-state index in [2.05, 4.69) is 4.98 Å². The van der Waals surface area contributed by atoms with Crippen LogP contribution < -0.4 is 10.6 Å². The largest absolute Gasteiger partial charge is 0.330 e. The Bertz CT molecular complexity index is 674. The molecule has 1 aromatic heterocycles. The Labute approximate surface area is 122 Å². The molecule has 0 radical (unpaired) electrons. The zero-order chi connectivity index (χ0) is 14.8. The number of amides is 1. The van der Waals surface area contributed by atoms with Gasteiger partial charge in [-0.25, -0.2) is 4.39 Å². The van der Waals surface area contributed by atoms with E-state index in [1.807, 2.05) is 24.3 Å². The van der Waals surface area contributed by atoms with Crippen molar-refractivity contribution in [3.05, 3.63) is 59.7 Å². The third-order valence-electron chi connectivity index (χ3n) is 3.83. The van der Waals surface area contributed by atoms with Crippen LogP contribution in [0.4, 0.5) is 10.1 Å². The highest BCUT2D eigenvalue weighted by molar-refractivity contribution is 6.07. The number of anilines is 1. The molecule has 1 amide bonds. The van der Waals surface area contributed by atoms with Crippen LogP contribution in [0.2, 0.25) is 0 Å². The van der Waals surface area contributed by atoms with Crippen molar-refractivity contribution >= 4 is 11.6 Å². The summed E-state index contributed by atoms with van der Waals surface area (Å²) in [5.41, 5.74) is 7.65. The molecule has 2 N–H and O–H groups in total. The van der Waals surface area contributed by atoms with Crippen LogP contribution in [0.25, 0.3) is 0 Å². The van der Waals surface area contributed by atoms with E-state index in [1.54, 1.807) is 4.90 Å². The fraction of sp³-hybridized carbons (Fsp3) is 0.250. The summed E-state index contributed by atoms with van der Waals surface area (Å²) in [5, 5.41) is 0. The number of halogens is 1. The van der Waals surface area contributed by atoms with Gasteiger partial charge in [-0.1, -0.05) is 18.2 Å². The zero-order valence-electron chi connectivity index (χ0n) is 11.5. The van der Waals surface area contributed by atoms with Crippen LogP contribution in [0.15, 0.2) is 42.7 Å². The van der Waals surface area contributed by atoms with E-state index in [0.29, 0.717) is 13.1 Å². The summed E-state index contributed by atoms with van der Waals surface area (Å²) in [4.78, 5) is 17.9. The fourth-order valence-corrected chi connectivity index (χ4v) is 2.83. The smallest absolute Gasteiger partial charge is 0.261 e. The van der Waals surface area contributed by atoms with Gasteiger partial charge < -0.3 is 10.6 Å². The molecule has 5 heteroatoms. The molecule has 1 unspecified atom stereocenters. The van der Waals surface area contributed by atoms with Crippen LogP contribution in [0.3, 0.4) is 0 Å². The lowest BCUT2D eigenvalue weighted by Gasteiger charge is -2.18. The Morgan fingerprint density at radius 2 is 2.19 bits per heavy atom. The second-order valence-corrected chi connectivity index (χ2v) is 5.10. The van der Waals surface area contributed by atoms with Crippen molar-refractivity contribution in [2.45, 2.75) is 12.3 Å². The molecule has 1 aliphatic heterocycles. The Morgan fingerprint density at radius 1 is 1.38 bits per heavy atom. The van der Waals surface area contributed by atoms with Crippen molar-refractivity contribution in [3.8, 4) is 0 Å². The first kappa shape index (κ1) is 13.7. The molecule has 1 atom stereocenters. The molecular formula is C16H16FN3O. The van der Waals surface area contributed by atoms with E-state index in [1.165, 1.54) is 12.3 Å². The lowest BCUT2D eigenvalue weighted by Crippen LogP contribution is -2.30. The number of benzene rings is 1. The normalized spacial score (nSPS) is 16.9. The van der Waals surface area contributed by atoms with E-state index in [9.17, 15) is 9.18 Å². The highest BCUT2D eigenvalue weighted by atomic mass is 19.1. The van der Waals surface area contributed by atoms with E-state index in [0.717, 1.165) is 23.9 Å². The van der Waals surface area contributed by atoms with Gasteiger partial charge in [0.2, 0.25) is 0 Å². The molecule has 1 aromatic carbocycles. The van der Waals surface area contributed by atoms with Gasteiger partial charge in [0.25, 0.3) is 5.91 Å². The molecular weight excluding hydrogens is 269 g/mol. The van der Waals surface area contributed by atoms with Gasteiger partial charge >= 0.3 is 0 Å². The van der Waals surface area contributed by atoms with Crippen LogP contribution >= 0.6 is 0 Å². The number of nitrogens with two attached hydrogens (primary N) is 1. The summed E-state index contributed by atoms with van der Waals surface area (Å²) in [6.45, 7) is 1.10. The number of hydrogen-bond donors (Lipinski definition) is 1. The molecule has 0 aliphatic carbocycles. The molecule has 0 spiro atoms. The lowest BCUT2D eigenvalue weighted by atomic mass is 9.98. The van der Waals surface area contributed by atoms with Gasteiger partial charge in [-0.3, -0.25) is 9.78 Å². The summed E-state index contributed by atoms with van der Waals surface area (Å²) >= 11 is 0. The third-order valence-corrected chi connectivity index (χ3v) is 3.83. The highest BCUT2D eigenvalue weighted by Crippen LogP contribution is 2.38. The van der Waals surface area contributed by atoms with Crippen molar-refractivity contribution in [2.24, 2.45) is 5.73 Å². The molecule has 0 saturated heterocycles. The van der Waals surface area contributed by atoms with Crippen LogP contribution in [-0.2, 0) is 0 Å². The van der Waals surface area contributed by atoms with Crippen LogP contribution in [-0.4, -0.2) is 24.0 Å². The van der Waals surface area contributed by atoms with Gasteiger partial charge in [-0.15, -0.1) is 0 Å². The molecule has 4 nitrogen and oxygen atoms in total. The first-order valence-electron chi connectivity index (χ1n) is 6.92. The Hall–Kier alpha value is -2.27. The maximum absolute atomic E-state index is 13.8. The van der Waals surface area contributed by atoms with Gasteiger partial charge in [0.05, 0.1) is 11.8 Å². The predicted molar refractivity (Wildman–Crippen MR) is 78.7 cm³/mol. The maximum atomic E-state index is 13.8. The van der Waals surface area contributed by atoms with Crippen LogP contribution in [0.1, 0.15) is 28.3 Å². The van der Waals surface area contributed by atoms with E-state index >= 15 is 0 Å². The molecule has 108 valence electrons. The van der Waals surface area contributed by atoms with Crippen molar-refractivity contribution < 1.29 is 9.18 Å². The SMILES string of the molecule is NCCC1CN(C(=O)c2ccncc2F)c2ccccc21. The third kappa shape index (κ3) is 2.40. The van der Waals surface area contributed by atoms with Crippen molar-refractivity contribution in [3.63, 3.8) is 0 Å². The average Bonchev–Trinajstić information content (AvgIpc) is 2.87.